The van der Waals surface area contributed by atoms with Crippen LogP contribution in [-0.4, -0.2) is 46.5 Å². The first-order valence-corrected chi connectivity index (χ1v) is 13.3. The van der Waals surface area contributed by atoms with Crippen LogP contribution in [0.2, 0.25) is 0 Å². The zero-order valence-corrected chi connectivity index (χ0v) is 21.0. The van der Waals surface area contributed by atoms with Gasteiger partial charge in [-0.15, -0.1) is 11.3 Å². The van der Waals surface area contributed by atoms with Gasteiger partial charge in [0.1, 0.15) is 23.7 Å². The molecule has 1 saturated heterocycles. The number of likely N-dealkylation sites (tertiary alicyclic amines) is 1. The number of thiophene rings is 1. The quantitative estimate of drug-likeness (QED) is 0.362. The largest absolute Gasteiger partial charge is 0.508 e. The summed E-state index contributed by atoms with van der Waals surface area (Å²) in [6, 6.07) is 12.3. The number of fused-ring (bicyclic) bond motifs is 1. The highest BCUT2D eigenvalue weighted by Gasteiger charge is 2.35. The number of hydrogen-bond donors (Lipinski definition) is 3. The molecule has 3 N–H and O–H groups in total. The van der Waals surface area contributed by atoms with Crippen LogP contribution in [0, 0.1) is 0 Å². The van der Waals surface area contributed by atoms with Crippen LogP contribution in [0.3, 0.4) is 0 Å². The van der Waals surface area contributed by atoms with Gasteiger partial charge in [0.2, 0.25) is 0 Å². The van der Waals surface area contributed by atoms with E-state index >= 15 is 0 Å². The minimum atomic E-state index is -1.20. The number of aromatic hydroxyl groups is 2. The second kappa shape index (κ2) is 10.1. The lowest BCUT2D eigenvalue weighted by molar-refractivity contribution is 0.0928. The van der Waals surface area contributed by atoms with Crippen molar-refractivity contribution in [3.8, 4) is 21.9 Å². The van der Waals surface area contributed by atoms with Crippen molar-refractivity contribution in [2.45, 2.75) is 44.6 Å². The molecule has 5 rings (SSSR count). The molecule has 2 heterocycles. The van der Waals surface area contributed by atoms with E-state index in [1.807, 2.05) is 37.3 Å². The maximum Gasteiger partial charge on any atom is 0.117 e. The number of aliphatic hydroxyl groups is 1. The molecule has 1 aliphatic carbocycles. The van der Waals surface area contributed by atoms with Gasteiger partial charge in [-0.25, -0.2) is 0 Å². The lowest BCUT2D eigenvalue weighted by atomic mass is 9.81. The molecule has 0 spiro atoms. The number of rotatable bonds is 7. The molecule has 1 aliphatic heterocycles. The molecular weight excluding hydrogens is 458 g/mol. The summed E-state index contributed by atoms with van der Waals surface area (Å²) < 4.78 is 6.98. The van der Waals surface area contributed by atoms with Gasteiger partial charge < -0.3 is 20.1 Å². The van der Waals surface area contributed by atoms with E-state index in [4.69, 9.17) is 4.74 Å². The standard InChI is InChI=1S/C29H33NO4S/c1-29(33,21-7-12-24(13-8-21)34-18-17-30-15-3-2-4-16-30)27-25-14-11-23(32)19-26(25)35-28(27)20-5-9-22(31)10-6-20/h5-7,9-12,14,19,31-33H,2-4,8,13,15-18H2,1H3. The average molecular weight is 492 g/mol. The third kappa shape index (κ3) is 5.10. The Morgan fingerprint density at radius 1 is 0.943 bits per heavy atom. The number of benzene rings is 2. The molecule has 2 aliphatic rings. The first-order chi connectivity index (χ1) is 16.9. The van der Waals surface area contributed by atoms with E-state index < -0.39 is 5.60 Å². The van der Waals surface area contributed by atoms with Gasteiger partial charge in [-0.1, -0.05) is 12.5 Å². The number of allylic oxidation sites excluding steroid dienone is 3. The Morgan fingerprint density at radius 3 is 2.40 bits per heavy atom. The van der Waals surface area contributed by atoms with Crippen molar-refractivity contribution in [1.82, 2.24) is 4.90 Å². The molecule has 0 amide bonds. The second-order valence-corrected chi connectivity index (χ2v) is 10.7. The normalized spacial score (nSPS) is 18.7. The van der Waals surface area contributed by atoms with E-state index in [0.717, 1.165) is 50.4 Å². The topological polar surface area (TPSA) is 73.2 Å². The minimum Gasteiger partial charge on any atom is -0.508 e. The van der Waals surface area contributed by atoms with E-state index in [9.17, 15) is 15.3 Å². The van der Waals surface area contributed by atoms with Gasteiger partial charge in [0, 0.05) is 28.1 Å². The minimum absolute atomic E-state index is 0.202. The van der Waals surface area contributed by atoms with Crippen LogP contribution < -0.4 is 0 Å². The second-order valence-electron chi connectivity index (χ2n) is 9.68. The summed E-state index contributed by atoms with van der Waals surface area (Å²) in [5.74, 6) is 1.38. The molecule has 1 atom stereocenters. The van der Waals surface area contributed by atoms with Crippen LogP contribution in [0.5, 0.6) is 11.5 Å². The molecule has 2 aromatic carbocycles. The highest BCUT2D eigenvalue weighted by Crippen LogP contribution is 2.48. The summed E-state index contributed by atoms with van der Waals surface area (Å²) >= 11 is 1.54. The summed E-state index contributed by atoms with van der Waals surface area (Å²) in [5.41, 5.74) is 1.50. The summed E-state index contributed by atoms with van der Waals surface area (Å²) in [6.45, 7) is 5.87. The summed E-state index contributed by atoms with van der Waals surface area (Å²) in [5, 5.41) is 32.7. The van der Waals surface area contributed by atoms with E-state index in [1.54, 1.807) is 24.3 Å². The fourth-order valence-electron chi connectivity index (χ4n) is 5.18. The van der Waals surface area contributed by atoms with E-state index in [1.165, 1.54) is 43.7 Å². The fraction of sp³-hybridized carbons (Fsp3) is 0.379. The Morgan fingerprint density at radius 2 is 1.69 bits per heavy atom. The van der Waals surface area contributed by atoms with Crippen molar-refractivity contribution in [3.05, 3.63) is 71.5 Å². The van der Waals surface area contributed by atoms with Crippen molar-refractivity contribution in [3.63, 3.8) is 0 Å². The van der Waals surface area contributed by atoms with Crippen molar-refractivity contribution in [2.24, 2.45) is 0 Å². The molecule has 5 nitrogen and oxygen atoms in total. The Balaban J connectivity index is 1.41. The Hall–Kier alpha value is -2.80. The van der Waals surface area contributed by atoms with Gasteiger partial charge in [-0.2, -0.15) is 0 Å². The number of phenols is 2. The molecule has 1 fully saturated rings. The zero-order valence-electron chi connectivity index (χ0n) is 20.2. The average Bonchev–Trinajstić information content (AvgIpc) is 3.25. The predicted octanol–water partition coefficient (Wildman–Crippen LogP) is 6.29. The molecule has 184 valence electrons. The third-order valence-electron chi connectivity index (χ3n) is 7.17. The van der Waals surface area contributed by atoms with Crippen molar-refractivity contribution in [2.75, 3.05) is 26.2 Å². The maximum absolute atomic E-state index is 11.9. The van der Waals surface area contributed by atoms with Gasteiger partial charge in [0.05, 0.1) is 5.76 Å². The van der Waals surface area contributed by atoms with Crippen LogP contribution >= 0.6 is 11.3 Å². The Bertz CT molecular complexity index is 1250. The molecule has 0 radical (unpaired) electrons. The molecule has 1 unspecified atom stereocenters. The lowest BCUT2D eigenvalue weighted by Gasteiger charge is -2.31. The van der Waals surface area contributed by atoms with Crippen LogP contribution in [0.4, 0.5) is 0 Å². The van der Waals surface area contributed by atoms with Gasteiger partial charge in [0.25, 0.3) is 0 Å². The Labute approximate surface area is 210 Å². The first-order valence-electron chi connectivity index (χ1n) is 12.4. The van der Waals surface area contributed by atoms with E-state index in [2.05, 4.69) is 4.90 Å². The first kappa shape index (κ1) is 23.9. The SMILES string of the molecule is CC(O)(C1=CC=C(OCCN2CCCCC2)CC1)c1c(-c2ccc(O)cc2)sc2cc(O)ccc12. The van der Waals surface area contributed by atoms with Crippen LogP contribution in [0.1, 0.15) is 44.6 Å². The Kier molecular flexibility index (Phi) is 6.87. The third-order valence-corrected chi connectivity index (χ3v) is 8.37. The molecule has 0 bridgehead atoms. The van der Waals surface area contributed by atoms with Gasteiger partial charge in [0.15, 0.2) is 0 Å². The maximum atomic E-state index is 11.9. The summed E-state index contributed by atoms with van der Waals surface area (Å²) in [7, 11) is 0. The lowest BCUT2D eigenvalue weighted by Crippen LogP contribution is -2.32. The van der Waals surface area contributed by atoms with Crippen LogP contribution in [-0.2, 0) is 10.3 Å². The van der Waals surface area contributed by atoms with Crippen LogP contribution in [0.15, 0.2) is 65.9 Å². The number of ether oxygens (including phenoxy) is 1. The summed E-state index contributed by atoms with van der Waals surface area (Å²) in [4.78, 5) is 3.41. The van der Waals surface area contributed by atoms with E-state index in [0.29, 0.717) is 13.0 Å². The zero-order chi connectivity index (χ0) is 24.4. The van der Waals surface area contributed by atoms with Gasteiger partial charge in [-0.3, -0.25) is 4.90 Å². The van der Waals surface area contributed by atoms with Gasteiger partial charge in [-0.05, 0) is 104 Å². The molecule has 6 heteroatoms. The predicted molar refractivity (Wildman–Crippen MR) is 142 cm³/mol. The smallest absolute Gasteiger partial charge is 0.117 e. The molecular formula is C29H33NO4S. The molecule has 0 saturated carbocycles. The van der Waals surface area contributed by atoms with Crippen molar-refractivity contribution in [1.29, 1.82) is 0 Å². The number of nitrogens with zero attached hydrogens (tertiary/aromatic N) is 1. The number of phenolic OH excluding ortho intramolecular Hbond substituents is 2. The molecule has 35 heavy (non-hydrogen) atoms. The van der Waals surface area contributed by atoms with Gasteiger partial charge >= 0.3 is 0 Å². The molecule has 1 aromatic heterocycles. The van der Waals surface area contributed by atoms with E-state index in [-0.39, 0.29) is 11.5 Å². The molecule has 3 aromatic rings. The number of piperidine rings is 1. The highest BCUT2D eigenvalue weighted by atomic mass is 32.1. The number of hydrogen-bond acceptors (Lipinski definition) is 6. The van der Waals surface area contributed by atoms with Crippen LogP contribution in [0.25, 0.3) is 20.5 Å². The van der Waals surface area contributed by atoms with Crippen molar-refractivity contribution < 1.29 is 20.1 Å². The van der Waals surface area contributed by atoms with Crippen molar-refractivity contribution >= 4 is 21.4 Å². The highest BCUT2D eigenvalue weighted by molar-refractivity contribution is 7.22. The monoisotopic (exact) mass is 491 g/mol. The fourth-order valence-corrected chi connectivity index (χ4v) is 6.52. The summed E-state index contributed by atoms with van der Waals surface area (Å²) in [6.07, 6.45) is 9.39.